The maximum Gasteiger partial charge on any atom is 0.274 e. The molecule has 0 atom stereocenters. The lowest BCUT2D eigenvalue weighted by molar-refractivity contribution is 0.0299. The van der Waals surface area contributed by atoms with E-state index in [1.54, 1.807) is 47.4 Å². The molecule has 26 heavy (non-hydrogen) atoms. The molecule has 2 amide bonds. The van der Waals surface area contributed by atoms with E-state index < -0.39 is 5.91 Å². The Bertz CT molecular complexity index is 844. The van der Waals surface area contributed by atoms with E-state index in [1.165, 1.54) is 6.92 Å². The van der Waals surface area contributed by atoms with Gasteiger partial charge in [0, 0.05) is 24.3 Å². The van der Waals surface area contributed by atoms with Crippen molar-refractivity contribution in [2.24, 2.45) is 0 Å². The molecule has 0 aliphatic carbocycles. The molecule has 0 spiro atoms. The zero-order chi connectivity index (χ0) is 18.5. The van der Waals surface area contributed by atoms with Gasteiger partial charge in [-0.3, -0.25) is 14.4 Å². The summed E-state index contributed by atoms with van der Waals surface area (Å²) in [5.74, 6) is -0.749. The Morgan fingerprint density at radius 1 is 1.04 bits per heavy atom. The quantitative estimate of drug-likeness (QED) is 0.850. The SMILES string of the molecule is CC(=O)c1cccc(NC(=O)c2cccc(C(=O)N3CCOCC3)n2)c1. The Morgan fingerprint density at radius 2 is 1.73 bits per heavy atom. The minimum atomic E-state index is -0.442. The fourth-order valence-electron chi connectivity index (χ4n) is 2.62. The van der Waals surface area contributed by atoms with Crippen LogP contribution < -0.4 is 5.32 Å². The van der Waals surface area contributed by atoms with E-state index in [0.717, 1.165) is 0 Å². The number of morpholine rings is 1. The number of anilines is 1. The Balaban J connectivity index is 1.75. The molecule has 1 aliphatic heterocycles. The Kier molecular flexibility index (Phi) is 5.38. The summed E-state index contributed by atoms with van der Waals surface area (Å²) in [6.45, 7) is 3.48. The lowest BCUT2D eigenvalue weighted by Gasteiger charge is -2.26. The predicted molar refractivity (Wildman–Crippen MR) is 95.4 cm³/mol. The molecule has 1 aromatic carbocycles. The highest BCUT2D eigenvalue weighted by molar-refractivity contribution is 6.04. The van der Waals surface area contributed by atoms with Crippen LogP contribution in [0.25, 0.3) is 0 Å². The number of nitrogens with zero attached hydrogens (tertiary/aromatic N) is 2. The smallest absolute Gasteiger partial charge is 0.274 e. The van der Waals surface area contributed by atoms with Crippen molar-refractivity contribution in [3.63, 3.8) is 0 Å². The number of carbonyl (C=O) groups excluding carboxylic acids is 3. The van der Waals surface area contributed by atoms with Gasteiger partial charge < -0.3 is 15.0 Å². The van der Waals surface area contributed by atoms with E-state index in [4.69, 9.17) is 4.74 Å². The van der Waals surface area contributed by atoms with Crippen LogP contribution in [0.1, 0.15) is 38.3 Å². The molecule has 2 aromatic rings. The normalized spacial score (nSPS) is 14.0. The highest BCUT2D eigenvalue weighted by Crippen LogP contribution is 2.13. The average Bonchev–Trinajstić information content (AvgIpc) is 2.68. The van der Waals surface area contributed by atoms with E-state index in [2.05, 4.69) is 10.3 Å². The molecule has 1 fully saturated rings. The molecule has 0 bridgehead atoms. The first-order valence-corrected chi connectivity index (χ1v) is 8.31. The lowest BCUT2D eigenvalue weighted by atomic mass is 10.1. The van der Waals surface area contributed by atoms with E-state index in [1.807, 2.05) is 0 Å². The van der Waals surface area contributed by atoms with Crippen LogP contribution in [0.4, 0.5) is 5.69 Å². The van der Waals surface area contributed by atoms with Gasteiger partial charge >= 0.3 is 0 Å². The van der Waals surface area contributed by atoms with E-state index >= 15 is 0 Å². The number of Topliss-reactive ketones (excluding diaryl/α,β-unsaturated/α-hetero) is 1. The van der Waals surface area contributed by atoms with Crippen LogP contribution in [-0.2, 0) is 4.74 Å². The van der Waals surface area contributed by atoms with Crippen LogP contribution in [0.15, 0.2) is 42.5 Å². The molecule has 3 rings (SSSR count). The molecule has 0 saturated carbocycles. The highest BCUT2D eigenvalue weighted by Gasteiger charge is 2.20. The standard InChI is InChI=1S/C19H19N3O4/c1-13(23)14-4-2-5-15(12-14)20-18(24)16-6-3-7-17(21-16)19(25)22-8-10-26-11-9-22/h2-7,12H,8-11H2,1H3,(H,20,24). The summed E-state index contributed by atoms with van der Waals surface area (Å²) in [5, 5.41) is 2.70. The number of carbonyl (C=O) groups is 3. The van der Waals surface area contributed by atoms with Crippen molar-refractivity contribution in [2.75, 3.05) is 31.6 Å². The number of rotatable bonds is 4. The monoisotopic (exact) mass is 353 g/mol. The summed E-state index contributed by atoms with van der Waals surface area (Å²) in [7, 11) is 0. The number of ether oxygens (including phenoxy) is 1. The number of hydrogen-bond donors (Lipinski definition) is 1. The molecule has 7 heteroatoms. The van der Waals surface area contributed by atoms with Gasteiger partial charge in [0.2, 0.25) is 0 Å². The zero-order valence-electron chi connectivity index (χ0n) is 14.4. The van der Waals surface area contributed by atoms with Crippen molar-refractivity contribution in [3.05, 3.63) is 59.4 Å². The van der Waals surface area contributed by atoms with Crippen LogP contribution in [0.3, 0.4) is 0 Å². The first-order chi connectivity index (χ1) is 12.5. The number of aromatic nitrogens is 1. The summed E-state index contributed by atoms with van der Waals surface area (Å²) in [6.07, 6.45) is 0. The van der Waals surface area contributed by atoms with Gasteiger partial charge in [-0.25, -0.2) is 4.98 Å². The first-order valence-electron chi connectivity index (χ1n) is 8.31. The summed E-state index contributed by atoms with van der Waals surface area (Å²) in [4.78, 5) is 42.2. The number of nitrogens with one attached hydrogen (secondary N) is 1. The second-order valence-electron chi connectivity index (χ2n) is 5.90. The maximum atomic E-state index is 12.5. The van der Waals surface area contributed by atoms with Gasteiger partial charge in [0.05, 0.1) is 13.2 Å². The van der Waals surface area contributed by atoms with Crippen LogP contribution in [-0.4, -0.2) is 53.8 Å². The van der Waals surface area contributed by atoms with Crippen molar-refractivity contribution < 1.29 is 19.1 Å². The molecule has 0 unspecified atom stereocenters. The molecule has 0 radical (unpaired) electrons. The summed E-state index contributed by atoms with van der Waals surface area (Å²) in [6, 6.07) is 11.4. The van der Waals surface area contributed by atoms with Gasteiger partial charge in [-0.15, -0.1) is 0 Å². The largest absolute Gasteiger partial charge is 0.378 e. The third-order valence-electron chi connectivity index (χ3n) is 4.03. The Labute approximate surface area is 151 Å². The van der Waals surface area contributed by atoms with E-state index in [9.17, 15) is 14.4 Å². The van der Waals surface area contributed by atoms with Crippen LogP contribution in [0, 0.1) is 0 Å². The predicted octanol–water partition coefficient (Wildman–Crippen LogP) is 2.01. The zero-order valence-corrected chi connectivity index (χ0v) is 14.4. The molecule has 1 N–H and O–H groups in total. The van der Waals surface area contributed by atoms with Crippen LogP contribution >= 0.6 is 0 Å². The minimum absolute atomic E-state index is 0.0858. The number of benzene rings is 1. The van der Waals surface area contributed by atoms with Crippen molar-refractivity contribution in [1.82, 2.24) is 9.88 Å². The Hall–Kier alpha value is -3.06. The van der Waals surface area contributed by atoms with Crippen LogP contribution in [0.5, 0.6) is 0 Å². The number of amides is 2. The average molecular weight is 353 g/mol. The van der Waals surface area contributed by atoms with Gasteiger partial charge in [-0.2, -0.15) is 0 Å². The molecule has 2 heterocycles. The van der Waals surface area contributed by atoms with Gasteiger partial charge in [0.15, 0.2) is 5.78 Å². The Morgan fingerprint density at radius 3 is 2.46 bits per heavy atom. The second-order valence-corrected chi connectivity index (χ2v) is 5.90. The van der Waals surface area contributed by atoms with Crippen molar-refractivity contribution in [2.45, 2.75) is 6.92 Å². The highest BCUT2D eigenvalue weighted by atomic mass is 16.5. The third kappa shape index (κ3) is 4.12. The lowest BCUT2D eigenvalue weighted by Crippen LogP contribution is -2.41. The van der Waals surface area contributed by atoms with Crippen molar-refractivity contribution >= 4 is 23.3 Å². The molecule has 1 aliphatic rings. The van der Waals surface area contributed by atoms with Crippen molar-refractivity contribution in [3.8, 4) is 0 Å². The van der Waals surface area contributed by atoms with E-state index in [0.29, 0.717) is 37.6 Å². The molecule has 7 nitrogen and oxygen atoms in total. The van der Waals surface area contributed by atoms with Gasteiger partial charge in [0.1, 0.15) is 11.4 Å². The number of ketones is 1. The minimum Gasteiger partial charge on any atom is -0.378 e. The van der Waals surface area contributed by atoms with E-state index in [-0.39, 0.29) is 23.1 Å². The van der Waals surface area contributed by atoms with Crippen LogP contribution in [0.2, 0.25) is 0 Å². The molecular weight excluding hydrogens is 334 g/mol. The third-order valence-corrected chi connectivity index (χ3v) is 4.03. The maximum absolute atomic E-state index is 12.5. The fourth-order valence-corrected chi connectivity index (χ4v) is 2.62. The second kappa shape index (κ2) is 7.88. The summed E-state index contributed by atoms with van der Waals surface area (Å²) in [5.41, 5.74) is 1.36. The molecule has 1 saturated heterocycles. The number of hydrogen-bond acceptors (Lipinski definition) is 5. The van der Waals surface area contributed by atoms with Gasteiger partial charge in [-0.05, 0) is 31.2 Å². The molecular formula is C19H19N3O4. The fraction of sp³-hybridized carbons (Fsp3) is 0.263. The topological polar surface area (TPSA) is 88.6 Å². The summed E-state index contributed by atoms with van der Waals surface area (Å²) < 4.78 is 5.24. The van der Waals surface area contributed by atoms with Gasteiger partial charge in [0.25, 0.3) is 11.8 Å². The summed E-state index contributed by atoms with van der Waals surface area (Å²) >= 11 is 0. The molecule has 134 valence electrons. The molecule has 1 aromatic heterocycles. The first kappa shape index (κ1) is 17.8. The van der Waals surface area contributed by atoms with Crippen molar-refractivity contribution in [1.29, 1.82) is 0 Å². The number of pyridine rings is 1. The van der Waals surface area contributed by atoms with Gasteiger partial charge in [-0.1, -0.05) is 18.2 Å².